The molecule has 1 unspecified atom stereocenters. The second kappa shape index (κ2) is 16.2. The molecule has 39 heavy (non-hydrogen) atoms. The van der Waals surface area contributed by atoms with E-state index in [9.17, 15) is 0 Å². The van der Waals surface area contributed by atoms with Gasteiger partial charge in [0, 0.05) is 5.38 Å². The van der Waals surface area contributed by atoms with E-state index in [1.165, 1.54) is 27.3 Å². The van der Waals surface area contributed by atoms with Crippen LogP contribution in [0.25, 0.3) is 0 Å². The molecule has 0 spiro atoms. The van der Waals surface area contributed by atoms with Crippen molar-refractivity contribution in [3.05, 3.63) is 117 Å². The molecule has 206 valence electrons. The Hall–Kier alpha value is -2.99. The number of aromatic nitrogens is 1. The number of benzene rings is 3. The molecule has 0 amide bonds. The van der Waals surface area contributed by atoms with Crippen LogP contribution in [0.5, 0.6) is 5.75 Å². The highest BCUT2D eigenvalue weighted by Crippen LogP contribution is 2.24. The van der Waals surface area contributed by atoms with E-state index in [1.54, 1.807) is 18.4 Å². The van der Waals surface area contributed by atoms with Crippen molar-refractivity contribution in [2.24, 2.45) is 5.92 Å². The maximum absolute atomic E-state index is 5.81. The van der Waals surface area contributed by atoms with Gasteiger partial charge in [-0.1, -0.05) is 73.7 Å². The average molecular weight is 544 g/mol. The lowest BCUT2D eigenvalue weighted by atomic mass is 9.89. The van der Waals surface area contributed by atoms with Crippen LogP contribution in [0.15, 0.2) is 84.2 Å². The van der Waals surface area contributed by atoms with Crippen LogP contribution < -0.4 is 4.74 Å². The third kappa shape index (κ3) is 10.2. The van der Waals surface area contributed by atoms with Gasteiger partial charge >= 0.3 is 0 Å². The number of aryl methyl sites for hydroxylation is 3. The summed E-state index contributed by atoms with van der Waals surface area (Å²) in [6.45, 7) is 4.52. The molecule has 5 heteroatoms. The second-order valence-electron chi connectivity index (χ2n) is 10.00. The van der Waals surface area contributed by atoms with Gasteiger partial charge in [-0.3, -0.25) is 0 Å². The molecule has 1 heterocycles. The number of methoxy groups -OCH3 is 1. The van der Waals surface area contributed by atoms with E-state index < -0.39 is 0 Å². The van der Waals surface area contributed by atoms with Crippen LogP contribution in [0.4, 0.5) is 0 Å². The van der Waals surface area contributed by atoms with Crippen LogP contribution in [0.2, 0.25) is 0 Å². The number of thiazole rings is 1. The molecule has 0 N–H and O–H groups in total. The molecule has 0 aliphatic heterocycles. The first-order chi connectivity index (χ1) is 19.2. The standard InChI is InChI=1S/C34H41NO3S/c1-3-27-11-7-12-28(21-27)15-16-29(22-31-13-8-14-33(23-31)36-2)17-18-34-35-32(26-39-34)25-38-20-19-37-24-30-9-5-4-6-10-30/h4-14,21,23,26,29H,3,15-20,22,24-25H2,1-2H3. The average Bonchev–Trinajstić information content (AvgIpc) is 3.44. The van der Waals surface area contributed by atoms with Gasteiger partial charge in [0.1, 0.15) is 5.75 Å². The van der Waals surface area contributed by atoms with Crippen molar-refractivity contribution in [1.29, 1.82) is 0 Å². The van der Waals surface area contributed by atoms with Crippen LogP contribution in [0, 0.1) is 5.92 Å². The predicted octanol–water partition coefficient (Wildman–Crippen LogP) is 7.87. The molecule has 0 aliphatic carbocycles. The quantitative estimate of drug-likeness (QED) is 0.127. The molecule has 0 radical (unpaired) electrons. The van der Waals surface area contributed by atoms with Crippen molar-refractivity contribution in [3.63, 3.8) is 0 Å². The third-order valence-electron chi connectivity index (χ3n) is 7.00. The van der Waals surface area contributed by atoms with Gasteiger partial charge in [0.2, 0.25) is 0 Å². The van der Waals surface area contributed by atoms with E-state index in [0.29, 0.717) is 32.3 Å². The summed E-state index contributed by atoms with van der Waals surface area (Å²) in [5.41, 5.74) is 6.38. The zero-order chi connectivity index (χ0) is 27.1. The monoisotopic (exact) mass is 543 g/mol. The lowest BCUT2D eigenvalue weighted by Crippen LogP contribution is -2.09. The lowest BCUT2D eigenvalue weighted by Gasteiger charge is -2.17. The fourth-order valence-corrected chi connectivity index (χ4v) is 5.57. The summed E-state index contributed by atoms with van der Waals surface area (Å²) >= 11 is 1.75. The molecule has 4 nitrogen and oxygen atoms in total. The Morgan fingerprint density at radius 2 is 1.46 bits per heavy atom. The molecule has 1 aromatic heterocycles. The number of rotatable bonds is 17. The fraction of sp³-hybridized carbons (Fsp3) is 0.382. The van der Waals surface area contributed by atoms with Crippen LogP contribution in [-0.4, -0.2) is 25.3 Å². The van der Waals surface area contributed by atoms with E-state index in [0.717, 1.165) is 50.0 Å². The SMILES string of the molecule is CCc1cccc(CCC(CCc2nc(COCCOCc3ccccc3)cs2)Cc2cccc(OC)c2)c1. The molecular formula is C34H41NO3S. The summed E-state index contributed by atoms with van der Waals surface area (Å²) in [5.74, 6) is 1.50. The van der Waals surface area contributed by atoms with Crippen molar-refractivity contribution in [3.8, 4) is 5.75 Å². The Kier molecular flexibility index (Phi) is 12.0. The van der Waals surface area contributed by atoms with Gasteiger partial charge in [-0.05, 0) is 78.8 Å². The highest BCUT2D eigenvalue weighted by atomic mass is 32.1. The lowest BCUT2D eigenvalue weighted by molar-refractivity contribution is 0.0330. The fourth-order valence-electron chi connectivity index (χ4n) is 4.77. The van der Waals surface area contributed by atoms with Crippen LogP contribution in [0.3, 0.4) is 0 Å². The summed E-state index contributed by atoms with van der Waals surface area (Å²) < 4.78 is 17.0. The van der Waals surface area contributed by atoms with Gasteiger partial charge in [0.05, 0.1) is 44.2 Å². The number of nitrogens with zero attached hydrogens (tertiary/aromatic N) is 1. The Bertz CT molecular complexity index is 1240. The Morgan fingerprint density at radius 1 is 0.744 bits per heavy atom. The second-order valence-corrected chi connectivity index (χ2v) is 10.9. The summed E-state index contributed by atoms with van der Waals surface area (Å²) in [4.78, 5) is 4.86. The predicted molar refractivity (Wildman–Crippen MR) is 161 cm³/mol. The summed E-state index contributed by atoms with van der Waals surface area (Å²) in [5, 5.41) is 3.32. The van der Waals surface area contributed by atoms with Gasteiger partial charge in [-0.25, -0.2) is 4.98 Å². The minimum Gasteiger partial charge on any atom is -0.497 e. The van der Waals surface area contributed by atoms with E-state index in [-0.39, 0.29) is 0 Å². The van der Waals surface area contributed by atoms with Crippen molar-refractivity contribution >= 4 is 11.3 Å². The van der Waals surface area contributed by atoms with Crippen LogP contribution >= 0.6 is 11.3 Å². The van der Waals surface area contributed by atoms with Gasteiger partial charge in [0.15, 0.2) is 0 Å². The molecule has 0 fully saturated rings. The maximum Gasteiger partial charge on any atom is 0.119 e. The first-order valence-corrected chi connectivity index (χ1v) is 14.9. The first-order valence-electron chi connectivity index (χ1n) is 14.0. The number of hydrogen-bond acceptors (Lipinski definition) is 5. The van der Waals surface area contributed by atoms with Crippen molar-refractivity contribution in [2.45, 2.75) is 58.7 Å². The highest BCUT2D eigenvalue weighted by molar-refractivity contribution is 7.09. The summed E-state index contributed by atoms with van der Waals surface area (Å²) in [6, 6.07) is 27.8. The number of ether oxygens (including phenoxy) is 3. The smallest absolute Gasteiger partial charge is 0.119 e. The first kappa shape index (κ1) is 29.0. The van der Waals surface area contributed by atoms with E-state index in [1.807, 2.05) is 24.3 Å². The summed E-state index contributed by atoms with van der Waals surface area (Å²) in [7, 11) is 1.73. The Balaban J connectivity index is 1.25. The van der Waals surface area contributed by atoms with Gasteiger partial charge < -0.3 is 14.2 Å². The third-order valence-corrected chi connectivity index (χ3v) is 7.96. The zero-order valence-electron chi connectivity index (χ0n) is 23.3. The van der Waals surface area contributed by atoms with Crippen molar-refractivity contribution in [2.75, 3.05) is 20.3 Å². The number of hydrogen-bond donors (Lipinski definition) is 0. The Labute approximate surface area is 238 Å². The molecule has 4 rings (SSSR count). The molecule has 0 aliphatic rings. The van der Waals surface area contributed by atoms with Crippen LogP contribution in [0.1, 0.15) is 52.7 Å². The van der Waals surface area contributed by atoms with Gasteiger partial charge in [-0.15, -0.1) is 11.3 Å². The highest BCUT2D eigenvalue weighted by Gasteiger charge is 2.13. The normalized spacial score (nSPS) is 11.9. The minimum atomic E-state index is 0.534. The summed E-state index contributed by atoms with van der Waals surface area (Å²) in [6.07, 6.45) is 6.51. The van der Waals surface area contributed by atoms with Gasteiger partial charge in [0.25, 0.3) is 0 Å². The van der Waals surface area contributed by atoms with E-state index in [2.05, 4.69) is 66.9 Å². The van der Waals surface area contributed by atoms with Crippen molar-refractivity contribution < 1.29 is 14.2 Å². The zero-order valence-corrected chi connectivity index (χ0v) is 24.1. The van der Waals surface area contributed by atoms with E-state index >= 15 is 0 Å². The molecular weight excluding hydrogens is 502 g/mol. The van der Waals surface area contributed by atoms with Crippen LogP contribution in [-0.2, 0) is 48.4 Å². The van der Waals surface area contributed by atoms with E-state index in [4.69, 9.17) is 19.2 Å². The molecule has 0 bridgehead atoms. The largest absolute Gasteiger partial charge is 0.497 e. The van der Waals surface area contributed by atoms with Crippen molar-refractivity contribution in [1.82, 2.24) is 4.98 Å². The molecule has 0 saturated heterocycles. The molecule has 3 aromatic carbocycles. The minimum absolute atomic E-state index is 0.534. The topological polar surface area (TPSA) is 40.6 Å². The molecule has 4 aromatic rings. The Morgan fingerprint density at radius 3 is 2.28 bits per heavy atom. The maximum atomic E-state index is 5.81. The molecule has 0 saturated carbocycles. The van der Waals surface area contributed by atoms with Gasteiger partial charge in [-0.2, -0.15) is 0 Å². The molecule has 1 atom stereocenters.